The molecule has 0 bridgehead atoms. The van der Waals surface area contributed by atoms with E-state index in [1.165, 1.54) is 0 Å². The van der Waals surface area contributed by atoms with Crippen molar-refractivity contribution < 1.29 is 19.4 Å². The summed E-state index contributed by atoms with van der Waals surface area (Å²) in [5, 5.41) is 24.6. The average molecular weight is 544 g/mol. The minimum absolute atomic E-state index is 0.0171. The molecule has 0 spiro atoms. The lowest BCUT2D eigenvalue weighted by atomic mass is 9.93. The zero-order chi connectivity index (χ0) is 28.2. The number of carbonyl (C=O) groups excluding carboxylic acids is 1. The lowest BCUT2D eigenvalue weighted by Crippen LogP contribution is -2.42. The summed E-state index contributed by atoms with van der Waals surface area (Å²) < 4.78 is 8.72. The summed E-state index contributed by atoms with van der Waals surface area (Å²) in [6.07, 6.45) is 3.64. The van der Waals surface area contributed by atoms with Crippen molar-refractivity contribution >= 4 is 17.8 Å². The molecule has 11 heteroatoms. The van der Waals surface area contributed by atoms with Crippen molar-refractivity contribution in [2.45, 2.75) is 18.9 Å². The summed E-state index contributed by atoms with van der Waals surface area (Å²) in [6.45, 7) is 4.59. The van der Waals surface area contributed by atoms with Crippen LogP contribution in [-0.2, 0) is 11.8 Å². The Morgan fingerprint density at radius 1 is 1.10 bits per heavy atom. The predicted octanol–water partition coefficient (Wildman–Crippen LogP) is 3.52. The van der Waals surface area contributed by atoms with Gasteiger partial charge in [-0.05, 0) is 36.8 Å². The number of aromatic nitrogens is 4. The molecule has 0 unspecified atom stereocenters. The molecule has 0 saturated carbocycles. The molecule has 2 atom stereocenters. The van der Waals surface area contributed by atoms with Gasteiger partial charge in [-0.25, -0.2) is 14.3 Å². The number of carboxylic acid groups (broad SMARTS) is 1. The first kappa shape index (κ1) is 27.1. The van der Waals surface area contributed by atoms with Gasteiger partial charge in [0.2, 0.25) is 0 Å². The van der Waals surface area contributed by atoms with E-state index in [-0.39, 0.29) is 23.6 Å². The number of hydrogen-bond donors (Lipinski definition) is 3. The van der Waals surface area contributed by atoms with Crippen LogP contribution in [0.1, 0.15) is 27.4 Å². The number of benzene rings is 2. The lowest BCUT2D eigenvalue weighted by molar-refractivity contribution is 0.0697. The summed E-state index contributed by atoms with van der Waals surface area (Å²) in [5.74, 6) is -0.416. The monoisotopic (exact) mass is 543 g/mol. The SMILES string of the molecule is COCCN1C[C@@H](NC(=O)Nc2c(C)c(-c3cnn(C)c3)nn2-c2ccccc2)[C@H](c2ccc(C(=O)O)cc2)C1. The number of likely N-dealkylation sites (tertiary alicyclic amines) is 1. The molecule has 1 fully saturated rings. The maximum atomic E-state index is 13.5. The number of hydrogen-bond acceptors (Lipinski definition) is 6. The van der Waals surface area contributed by atoms with Gasteiger partial charge in [0, 0.05) is 57.0 Å². The van der Waals surface area contributed by atoms with Gasteiger partial charge in [0.1, 0.15) is 11.5 Å². The second-order valence-electron chi connectivity index (χ2n) is 9.96. The molecule has 208 valence electrons. The van der Waals surface area contributed by atoms with E-state index in [4.69, 9.17) is 9.84 Å². The van der Waals surface area contributed by atoms with Crippen LogP contribution in [0, 0.1) is 6.92 Å². The predicted molar refractivity (Wildman–Crippen MR) is 151 cm³/mol. The molecule has 0 aliphatic carbocycles. The number of anilines is 1. The highest BCUT2D eigenvalue weighted by molar-refractivity contribution is 5.91. The smallest absolute Gasteiger partial charge is 0.335 e. The number of aromatic carboxylic acids is 1. The number of rotatable bonds is 9. The molecule has 4 aromatic rings. The third kappa shape index (κ3) is 5.75. The van der Waals surface area contributed by atoms with Crippen LogP contribution in [0.15, 0.2) is 67.0 Å². The average Bonchev–Trinajstić information content (AvgIpc) is 3.65. The fourth-order valence-electron chi connectivity index (χ4n) is 5.17. The van der Waals surface area contributed by atoms with E-state index in [0.29, 0.717) is 25.5 Å². The number of carboxylic acids is 1. The van der Waals surface area contributed by atoms with Crippen LogP contribution in [0.25, 0.3) is 16.9 Å². The molecule has 0 radical (unpaired) electrons. The Bertz CT molecular complexity index is 1480. The third-order valence-electron chi connectivity index (χ3n) is 7.24. The molecule has 1 aliphatic rings. The standard InChI is InChI=1S/C29H33N7O4/c1-19-26(22-15-30-34(2)16-22)33-36(23-7-5-4-6-8-23)27(19)32-29(39)31-25-18-35(13-14-40-3)17-24(25)20-9-11-21(12-10-20)28(37)38/h4-12,15-16,24-25H,13-14,17-18H2,1-3H3,(H,37,38)(H2,31,32,39)/t24-,25+/m0/s1. The van der Waals surface area contributed by atoms with E-state index in [9.17, 15) is 14.7 Å². The maximum absolute atomic E-state index is 13.5. The Morgan fingerprint density at radius 2 is 1.85 bits per heavy atom. The number of ether oxygens (including phenoxy) is 1. The Morgan fingerprint density at radius 3 is 2.50 bits per heavy atom. The molecular formula is C29H33N7O4. The van der Waals surface area contributed by atoms with Crippen LogP contribution in [-0.4, -0.2) is 81.0 Å². The van der Waals surface area contributed by atoms with Gasteiger partial charge in [-0.2, -0.15) is 10.2 Å². The molecule has 3 N–H and O–H groups in total. The highest BCUT2D eigenvalue weighted by Crippen LogP contribution is 2.31. The van der Waals surface area contributed by atoms with Gasteiger partial charge in [-0.3, -0.25) is 14.9 Å². The van der Waals surface area contributed by atoms with Gasteiger partial charge in [-0.1, -0.05) is 30.3 Å². The van der Waals surface area contributed by atoms with Gasteiger partial charge in [0.15, 0.2) is 0 Å². The molecule has 5 rings (SSSR count). The van der Waals surface area contributed by atoms with Crippen molar-refractivity contribution in [3.8, 4) is 16.9 Å². The van der Waals surface area contributed by atoms with E-state index in [2.05, 4.69) is 20.6 Å². The molecule has 2 amide bonds. The maximum Gasteiger partial charge on any atom is 0.335 e. The van der Waals surface area contributed by atoms with E-state index < -0.39 is 5.97 Å². The van der Waals surface area contributed by atoms with Crippen molar-refractivity contribution in [3.63, 3.8) is 0 Å². The van der Waals surface area contributed by atoms with E-state index in [1.807, 2.05) is 62.6 Å². The molecule has 1 aliphatic heterocycles. The second kappa shape index (κ2) is 11.7. The Hall–Kier alpha value is -4.48. The Labute approximate surface area is 232 Å². The largest absolute Gasteiger partial charge is 0.478 e. The van der Waals surface area contributed by atoms with Crippen molar-refractivity contribution in [1.82, 2.24) is 29.8 Å². The first-order valence-corrected chi connectivity index (χ1v) is 13.1. The van der Waals surface area contributed by atoms with Crippen LogP contribution < -0.4 is 10.6 Å². The number of nitrogens with one attached hydrogen (secondary N) is 2. The highest BCUT2D eigenvalue weighted by atomic mass is 16.5. The van der Waals surface area contributed by atoms with Crippen LogP contribution >= 0.6 is 0 Å². The Kier molecular flexibility index (Phi) is 7.94. The zero-order valence-corrected chi connectivity index (χ0v) is 22.7. The van der Waals surface area contributed by atoms with Crippen molar-refractivity contribution in [2.24, 2.45) is 7.05 Å². The molecule has 2 aromatic carbocycles. The molecular weight excluding hydrogens is 510 g/mol. The van der Waals surface area contributed by atoms with E-state index in [0.717, 1.165) is 34.6 Å². The van der Waals surface area contributed by atoms with E-state index in [1.54, 1.807) is 34.8 Å². The van der Waals surface area contributed by atoms with E-state index >= 15 is 0 Å². The quantitative estimate of drug-likeness (QED) is 0.295. The highest BCUT2D eigenvalue weighted by Gasteiger charge is 2.35. The molecule has 2 aromatic heterocycles. The number of nitrogens with zero attached hydrogens (tertiary/aromatic N) is 5. The zero-order valence-electron chi connectivity index (χ0n) is 22.7. The third-order valence-corrected chi connectivity index (χ3v) is 7.24. The topological polar surface area (TPSA) is 127 Å². The van der Waals surface area contributed by atoms with Gasteiger partial charge < -0.3 is 15.2 Å². The van der Waals surface area contributed by atoms with Crippen molar-refractivity contribution in [1.29, 1.82) is 0 Å². The van der Waals surface area contributed by atoms with Crippen LogP contribution in [0.2, 0.25) is 0 Å². The minimum Gasteiger partial charge on any atom is -0.478 e. The van der Waals surface area contributed by atoms with Crippen LogP contribution in [0.3, 0.4) is 0 Å². The molecule has 11 nitrogen and oxygen atoms in total. The first-order chi connectivity index (χ1) is 19.3. The molecule has 40 heavy (non-hydrogen) atoms. The van der Waals surface area contributed by atoms with Crippen molar-refractivity contribution in [2.75, 3.05) is 38.7 Å². The normalized spacial score (nSPS) is 17.2. The first-order valence-electron chi connectivity index (χ1n) is 13.1. The number of urea groups is 1. The van der Waals surface area contributed by atoms with Gasteiger partial charge in [0.25, 0.3) is 0 Å². The number of amides is 2. The minimum atomic E-state index is -0.968. The summed E-state index contributed by atoms with van der Waals surface area (Å²) >= 11 is 0. The van der Waals surface area contributed by atoms with Gasteiger partial charge >= 0.3 is 12.0 Å². The van der Waals surface area contributed by atoms with Gasteiger partial charge in [-0.15, -0.1) is 0 Å². The second-order valence-corrected chi connectivity index (χ2v) is 9.96. The summed E-state index contributed by atoms with van der Waals surface area (Å²) in [6, 6.07) is 16.0. The summed E-state index contributed by atoms with van der Waals surface area (Å²) in [4.78, 5) is 27.1. The van der Waals surface area contributed by atoms with Crippen LogP contribution in [0.5, 0.6) is 0 Å². The fourth-order valence-corrected chi connectivity index (χ4v) is 5.17. The molecule has 3 heterocycles. The summed E-state index contributed by atoms with van der Waals surface area (Å²) in [5.41, 5.74) is 4.43. The number of para-hydroxylation sites is 1. The number of aryl methyl sites for hydroxylation is 1. The number of methoxy groups -OCH3 is 1. The van der Waals surface area contributed by atoms with Crippen LogP contribution in [0.4, 0.5) is 10.6 Å². The Balaban J connectivity index is 1.40. The van der Waals surface area contributed by atoms with Gasteiger partial charge in [0.05, 0.1) is 30.1 Å². The lowest BCUT2D eigenvalue weighted by Gasteiger charge is -2.21. The summed E-state index contributed by atoms with van der Waals surface area (Å²) in [7, 11) is 3.52. The molecule has 1 saturated heterocycles. The number of carbonyl (C=O) groups is 2. The fraction of sp³-hybridized carbons (Fsp3) is 0.310. The van der Waals surface area contributed by atoms with Crippen molar-refractivity contribution in [3.05, 3.63) is 83.7 Å².